The first-order valence-electron chi connectivity index (χ1n) is 7.69. The highest BCUT2D eigenvalue weighted by atomic mass is 16.4. The summed E-state index contributed by atoms with van der Waals surface area (Å²) in [5.41, 5.74) is 2.58. The molecular formula is C17H23NO3. The number of carbonyl (C=O) groups is 2. The van der Waals surface area contributed by atoms with Gasteiger partial charge in [-0.05, 0) is 36.8 Å². The molecule has 1 amide bonds. The van der Waals surface area contributed by atoms with Crippen LogP contribution in [-0.4, -0.2) is 23.0 Å². The quantitative estimate of drug-likeness (QED) is 0.845. The Morgan fingerprint density at radius 2 is 2.05 bits per heavy atom. The fraction of sp³-hybridized carbons (Fsp3) is 0.529. The van der Waals surface area contributed by atoms with Crippen LogP contribution < -0.4 is 5.32 Å². The molecule has 0 spiro atoms. The highest BCUT2D eigenvalue weighted by Crippen LogP contribution is 2.25. The molecule has 0 aliphatic heterocycles. The van der Waals surface area contributed by atoms with Crippen molar-refractivity contribution in [3.8, 4) is 0 Å². The molecule has 1 aromatic rings. The number of carboxylic acid groups (broad SMARTS) is 1. The topological polar surface area (TPSA) is 66.4 Å². The summed E-state index contributed by atoms with van der Waals surface area (Å²) in [6.45, 7) is 2.00. The summed E-state index contributed by atoms with van der Waals surface area (Å²) in [6, 6.07) is 7.98. The Labute approximate surface area is 125 Å². The number of fused-ring (bicyclic) bond motifs is 1. The second-order valence-corrected chi connectivity index (χ2v) is 5.80. The lowest BCUT2D eigenvalue weighted by Crippen LogP contribution is -2.41. The van der Waals surface area contributed by atoms with E-state index in [1.54, 1.807) is 0 Å². The van der Waals surface area contributed by atoms with Crippen molar-refractivity contribution in [3.05, 3.63) is 35.4 Å². The molecule has 0 heterocycles. The Kier molecular flexibility index (Phi) is 5.37. The molecule has 4 nitrogen and oxygen atoms in total. The third-order valence-electron chi connectivity index (χ3n) is 4.12. The molecule has 0 bridgehead atoms. The molecule has 1 aliphatic rings. The van der Waals surface area contributed by atoms with Crippen molar-refractivity contribution in [2.24, 2.45) is 5.92 Å². The summed E-state index contributed by atoms with van der Waals surface area (Å²) in [6.07, 6.45) is 4.10. The Hall–Kier alpha value is -1.84. The van der Waals surface area contributed by atoms with Crippen molar-refractivity contribution in [3.63, 3.8) is 0 Å². The minimum Gasteiger partial charge on any atom is -0.481 e. The number of aliphatic carboxylic acids is 1. The first-order valence-corrected chi connectivity index (χ1v) is 7.69. The van der Waals surface area contributed by atoms with Crippen molar-refractivity contribution in [2.75, 3.05) is 0 Å². The maximum absolute atomic E-state index is 12.4. The number of hydrogen-bond donors (Lipinski definition) is 2. The van der Waals surface area contributed by atoms with Crippen LogP contribution in [0.1, 0.15) is 43.7 Å². The molecule has 114 valence electrons. The molecule has 2 rings (SSSR count). The van der Waals surface area contributed by atoms with E-state index >= 15 is 0 Å². The number of amides is 1. The second-order valence-electron chi connectivity index (χ2n) is 5.80. The molecule has 0 saturated carbocycles. The maximum atomic E-state index is 12.4. The largest absolute Gasteiger partial charge is 0.481 e. The van der Waals surface area contributed by atoms with E-state index in [4.69, 9.17) is 5.11 Å². The third kappa shape index (κ3) is 4.31. The Morgan fingerprint density at radius 3 is 2.71 bits per heavy atom. The first kappa shape index (κ1) is 15.5. The number of hydrogen-bond acceptors (Lipinski definition) is 2. The fourth-order valence-electron chi connectivity index (χ4n) is 3.03. The predicted octanol–water partition coefficient (Wildman–Crippen LogP) is 2.55. The van der Waals surface area contributed by atoms with E-state index in [1.807, 2.05) is 19.1 Å². The lowest BCUT2D eigenvalue weighted by atomic mass is 9.83. The summed E-state index contributed by atoms with van der Waals surface area (Å²) >= 11 is 0. The van der Waals surface area contributed by atoms with Crippen LogP contribution in [0.3, 0.4) is 0 Å². The molecular weight excluding hydrogens is 266 g/mol. The summed E-state index contributed by atoms with van der Waals surface area (Å²) in [5, 5.41) is 11.8. The van der Waals surface area contributed by atoms with Gasteiger partial charge >= 0.3 is 5.97 Å². The highest BCUT2D eigenvalue weighted by Gasteiger charge is 2.26. The molecule has 0 radical (unpaired) electrons. The van der Waals surface area contributed by atoms with Gasteiger partial charge in [0.05, 0.1) is 6.42 Å². The smallest absolute Gasteiger partial charge is 0.305 e. The Balaban J connectivity index is 1.95. The van der Waals surface area contributed by atoms with Crippen LogP contribution in [0.15, 0.2) is 24.3 Å². The van der Waals surface area contributed by atoms with E-state index in [0.29, 0.717) is 6.42 Å². The molecule has 2 unspecified atom stereocenters. The second kappa shape index (κ2) is 7.25. The number of carbonyl (C=O) groups excluding carboxylic acids is 1. The van der Waals surface area contributed by atoms with Crippen LogP contribution in [0.4, 0.5) is 0 Å². The van der Waals surface area contributed by atoms with Crippen LogP contribution in [-0.2, 0) is 22.4 Å². The zero-order valence-electron chi connectivity index (χ0n) is 12.5. The van der Waals surface area contributed by atoms with Crippen molar-refractivity contribution in [2.45, 2.75) is 51.5 Å². The van der Waals surface area contributed by atoms with Gasteiger partial charge in [-0.25, -0.2) is 0 Å². The van der Waals surface area contributed by atoms with Gasteiger partial charge in [0.1, 0.15) is 0 Å². The number of carboxylic acids is 1. The SMILES string of the molecule is CCCC(CC(=O)O)NC(=O)C1CCc2ccccc2C1. The van der Waals surface area contributed by atoms with Gasteiger partial charge in [-0.3, -0.25) is 9.59 Å². The minimum atomic E-state index is -0.859. The monoisotopic (exact) mass is 289 g/mol. The van der Waals surface area contributed by atoms with Crippen molar-refractivity contribution >= 4 is 11.9 Å². The maximum Gasteiger partial charge on any atom is 0.305 e. The van der Waals surface area contributed by atoms with Gasteiger partial charge in [-0.2, -0.15) is 0 Å². The van der Waals surface area contributed by atoms with Gasteiger partial charge in [0, 0.05) is 12.0 Å². The van der Waals surface area contributed by atoms with Crippen LogP contribution in [0.2, 0.25) is 0 Å². The average Bonchev–Trinajstić information content (AvgIpc) is 2.46. The molecule has 1 aliphatic carbocycles. The first-order chi connectivity index (χ1) is 10.1. The molecule has 21 heavy (non-hydrogen) atoms. The number of rotatable bonds is 6. The Bertz CT molecular complexity index is 513. The zero-order chi connectivity index (χ0) is 15.2. The molecule has 4 heteroatoms. The van der Waals surface area contributed by atoms with E-state index in [0.717, 1.165) is 25.7 Å². The van der Waals surface area contributed by atoms with Gasteiger partial charge in [0.25, 0.3) is 0 Å². The number of nitrogens with one attached hydrogen (secondary N) is 1. The number of aryl methyl sites for hydroxylation is 1. The Morgan fingerprint density at radius 1 is 1.33 bits per heavy atom. The van der Waals surface area contributed by atoms with Crippen LogP contribution in [0.25, 0.3) is 0 Å². The van der Waals surface area contributed by atoms with Crippen molar-refractivity contribution in [1.82, 2.24) is 5.32 Å². The van der Waals surface area contributed by atoms with Gasteiger partial charge < -0.3 is 10.4 Å². The molecule has 0 saturated heterocycles. The van der Waals surface area contributed by atoms with Crippen LogP contribution in [0, 0.1) is 5.92 Å². The highest BCUT2D eigenvalue weighted by molar-refractivity contribution is 5.80. The standard InChI is InChI=1S/C17H23NO3/c1-2-5-15(11-16(19)20)18-17(21)14-9-8-12-6-3-4-7-13(12)10-14/h3-4,6-7,14-15H,2,5,8-11H2,1H3,(H,18,21)(H,19,20). The summed E-state index contributed by atoms with van der Waals surface area (Å²) in [4.78, 5) is 23.2. The lowest BCUT2D eigenvalue weighted by Gasteiger charge is -2.26. The van der Waals surface area contributed by atoms with Gasteiger partial charge in [-0.15, -0.1) is 0 Å². The minimum absolute atomic E-state index is 0.00286. The van der Waals surface area contributed by atoms with Crippen molar-refractivity contribution in [1.29, 1.82) is 0 Å². The predicted molar refractivity (Wildman–Crippen MR) is 81.0 cm³/mol. The summed E-state index contributed by atoms with van der Waals surface area (Å²) in [7, 11) is 0. The van der Waals surface area contributed by atoms with Gasteiger partial charge in [-0.1, -0.05) is 37.6 Å². The van der Waals surface area contributed by atoms with E-state index in [1.165, 1.54) is 11.1 Å². The summed E-state index contributed by atoms with van der Waals surface area (Å²) < 4.78 is 0. The molecule has 2 atom stereocenters. The van der Waals surface area contributed by atoms with E-state index in [2.05, 4.69) is 17.4 Å². The molecule has 0 aromatic heterocycles. The normalized spacial score (nSPS) is 18.6. The van der Waals surface area contributed by atoms with Crippen LogP contribution in [0.5, 0.6) is 0 Å². The lowest BCUT2D eigenvalue weighted by molar-refractivity contribution is -0.137. The molecule has 1 aromatic carbocycles. The van der Waals surface area contributed by atoms with Crippen molar-refractivity contribution < 1.29 is 14.7 Å². The van der Waals surface area contributed by atoms with E-state index in [9.17, 15) is 9.59 Å². The molecule has 2 N–H and O–H groups in total. The van der Waals surface area contributed by atoms with E-state index in [-0.39, 0.29) is 24.3 Å². The number of benzene rings is 1. The average molecular weight is 289 g/mol. The van der Waals surface area contributed by atoms with Crippen LogP contribution >= 0.6 is 0 Å². The third-order valence-corrected chi connectivity index (χ3v) is 4.12. The zero-order valence-corrected chi connectivity index (χ0v) is 12.5. The molecule has 0 fully saturated rings. The fourth-order valence-corrected chi connectivity index (χ4v) is 3.03. The van der Waals surface area contributed by atoms with E-state index < -0.39 is 5.97 Å². The summed E-state index contributed by atoms with van der Waals surface area (Å²) in [5.74, 6) is -0.889. The van der Waals surface area contributed by atoms with Gasteiger partial charge in [0.2, 0.25) is 5.91 Å². The van der Waals surface area contributed by atoms with Gasteiger partial charge in [0.15, 0.2) is 0 Å².